The zero-order valence-corrected chi connectivity index (χ0v) is 19.1. The molecule has 0 aliphatic carbocycles. The first-order valence-corrected chi connectivity index (χ1v) is 11.9. The summed E-state index contributed by atoms with van der Waals surface area (Å²) in [5, 5.41) is 3.17. The summed E-state index contributed by atoms with van der Waals surface area (Å²) in [5.74, 6) is -0.965. The van der Waals surface area contributed by atoms with E-state index in [2.05, 4.69) is 19.8 Å². The number of sulfonamides is 1. The third kappa shape index (κ3) is 5.98. The van der Waals surface area contributed by atoms with E-state index in [9.17, 15) is 30.8 Å². The highest BCUT2D eigenvalue weighted by atomic mass is 32.2. The highest BCUT2D eigenvalue weighted by molar-refractivity contribution is 7.89. The van der Waals surface area contributed by atoms with Gasteiger partial charge in [0.15, 0.2) is 0 Å². The molecule has 0 saturated heterocycles. The van der Waals surface area contributed by atoms with Gasteiger partial charge < -0.3 is 10.1 Å². The molecule has 0 radical (unpaired) electrons. The summed E-state index contributed by atoms with van der Waals surface area (Å²) < 4.78 is 82.7. The molecule has 1 aromatic heterocycles. The van der Waals surface area contributed by atoms with Crippen LogP contribution in [0.25, 0.3) is 10.9 Å². The number of benzene rings is 3. The summed E-state index contributed by atoms with van der Waals surface area (Å²) in [7, 11) is -3.97. The van der Waals surface area contributed by atoms with Crippen LogP contribution in [-0.4, -0.2) is 30.9 Å². The van der Waals surface area contributed by atoms with Crippen molar-refractivity contribution in [2.24, 2.45) is 0 Å². The third-order valence-corrected chi connectivity index (χ3v) is 6.43. The van der Waals surface area contributed by atoms with Crippen LogP contribution in [0, 0.1) is 5.82 Å². The maximum atomic E-state index is 13.1. The van der Waals surface area contributed by atoms with Gasteiger partial charge in [-0.15, -0.1) is 13.2 Å². The SMILES string of the molecule is O=c1c2ccccc2nc(Nc2ccc(OC(F)(F)F)cc2)n1CCNS(=O)(=O)c1ccc(F)cc1. The van der Waals surface area contributed by atoms with E-state index in [4.69, 9.17) is 0 Å². The smallest absolute Gasteiger partial charge is 0.406 e. The second-order valence-electron chi connectivity index (χ2n) is 7.46. The molecule has 8 nitrogen and oxygen atoms in total. The van der Waals surface area contributed by atoms with Crippen LogP contribution in [0.5, 0.6) is 5.75 Å². The Kier molecular flexibility index (Phi) is 6.95. The van der Waals surface area contributed by atoms with Crippen molar-refractivity contribution >= 4 is 32.6 Å². The number of nitrogens with zero attached hydrogens (tertiary/aromatic N) is 2. The molecule has 0 saturated carbocycles. The van der Waals surface area contributed by atoms with E-state index in [1.807, 2.05) is 0 Å². The lowest BCUT2D eigenvalue weighted by Crippen LogP contribution is -2.32. The lowest BCUT2D eigenvalue weighted by molar-refractivity contribution is -0.274. The molecule has 0 atom stereocenters. The topological polar surface area (TPSA) is 102 Å². The number of anilines is 2. The second kappa shape index (κ2) is 9.95. The number of hydrogen-bond donors (Lipinski definition) is 2. The number of hydrogen-bond acceptors (Lipinski definition) is 6. The van der Waals surface area contributed by atoms with Gasteiger partial charge in [-0.05, 0) is 60.7 Å². The average molecular weight is 522 g/mol. The van der Waals surface area contributed by atoms with Crippen LogP contribution >= 0.6 is 0 Å². The van der Waals surface area contributed by atoms with Gasteiger partial charge in [-0.25, -0.2) is 22.5 Å². The molecule has 4 aromatic rings. The summed E-state index contributed by atoms with van der Waals surface area (Å²) in [6, 6.07) is 15.6. The van der Waals surface area contributed by atoms with Gasteiger partial charge in [0.25, 0.3) is 5.56 Å². The highest BCUT2D eigenvalue weighted by Crippen LogP contribution is 2.25. The first-order chi connectivity index (χ1) is 17.0. The summed E-state index contributed by atoms with van der Waals surface area (Å²) in [5.41, 5.74) is 0.221. The molecule has 36 heavy (non-hydrogen) atoms. The van der Waals surface area contributed by atoms with Gasteiger partial charge in [0, 0.05) is 18.8 Å². The van der Waals surface area contributed by atoms with Gasteiger partial charge in [-0.2, -0.15) is 0 Å². The number of halogens is 4. The fourth-order valence-corrected chi connectivity index (χ4v) is 4.35. The minimum absolute atomic E-state index is 0.0455. The van der Waals surface area contributed by atoms with Crippen molar-refractivity contribution in [1.82, 2.24) is 14.3 Å². The van der Waals surface area contributed by atoms with Crippen LogP contribution in [0.15, 0.2) is 82.5 Å². The largest absolute Gasteiger partial charge is 0.573 e. The number of para-hydroxylation sites is 1. The number of ether oxygens (including phenoxy) is 1. The second-order valence-corrected chi connectivity index (χ2v) is 9.23. The zero-order valence-electron chi connectivity index (χ0n) is 18.3. The minimum atomic E-state index is -4.84. The molecule has 188 valence electrons. The quantitative estimate of drug-likeness (QED) is 0.337. The van der Waals surface area contributed by atoms with Crippen LogP contribution in [0.1, 0.15) is 0 Å². The lowest BCUT2D eigenvalue weighted by Gasteiger charge is -2.16. The van der Waals surface area contributed by atoms with Gasteiger partial charge in [0.2, 0.25) is 16.0 Å². The van der Waals surface area contributed by atoms with Crippen LogP contribution in [0.3, 0.4) is 0 Å². The third-order valence-electron chi connectivity index (χ3n) is 4.96. The summed E-state index contributed by atoms with van der Waals surface area (Å²) in [4.78, 5) is 17.4. The Bertz CT molecular complexity index is 1540. The molecule has 1 heterocycles. The van der Waals surface area contributed by atoms with Gasteiger partial charge >= 0.3 is 6.36 Å². The predicted molar refractivity (Wildman–Crippen MR) is 124 cm³/mol. The Morgan fingerprint density at radius 1 is 0.944 bits per heavy atom. The van der Waals surface area contributed by atoms with E-state index >= 15 is 0 Å². The van der Waals surface area contributed by atoms with E-state index in [1.165, 1.54) is 16.7 Å². The van der Waals surface area contributed by atoms with Crippen LogP contribution in [0.2, 0.25) is 0 Å². The van der Waals surface area contributed by atoms with Gasteiger partial charge in [-0.3, -0.25) is 9.36 Å². The Morgan fingerprint density at radius 2 is 1.61 bits per heavy atom. The average Bonchev–Trinajstić information content (AvgIpc) is 2.81. The first kappa shape index (κ1) is 25.1. The first-order valence-electron chi connectivity index (χ1n) is 10.4. The van der Waals surface area contributed by atoms with Crippen LogP contribution in [-0.2, 0) is 16.6 Å². The molecule has 0 aliphatic rings. The van der Waals surface area contributed by atoms with Gasteiger partial charge in [0.1, 0.15) is 11.6 Å². The fraction of sp³-hybridized carbons (Fsp3) is 0.130. The minimum Gasteiger partial charge on any atom is -0.406 e. The molecule has 0 spiro atoms. The molecule has 13 heteroatoms. The summed E-state index contributed by atoms with van der Waals surface area (Å²) in [6.45, 7) is -0.332. The number of fused-ring (bicyclic) bond motifs is 1. The summed E-state index contributed by atoms with van der Waals surface area (Å²) in [6.07, 6.45) is -4.84. The van der Waals surface area contributed by atoms with E-state index in [-0.39, 0.29) is 23.9 Å². The van der Waals surface area contributed by atoms with E-state index in [1.54, 1.807) is 24.3 Å². The van der Waals surface area contributed by atoms with E-state index < -0.39 is 33.5 Å². The normalized spacial score (nSPS) is 12.0. The standard InChI is InChI=1S/C23H18F4N4O4S/c24-15-5-11-18(12-6-15)36(33,34)28-13-14-31-21(32)19-3-1-2-4-20(19)30-22(31)29-16-7-9-17(10-8-16)35-23(25,26)27/h1-12,28H,13-14H2,(H,29,30). The van der Waals surface area contributed by atoms with Crippen molar-refractivity contribution in [3.05, 3.63) is 89.0 Å². The molecule has 0 bridgehead atoms. The van der Waals surface area contributed by atoms with Gasteiger partial charge in [0.05, 0.1) is 15.8 Å². The molecule has 0 unspecified atom stereocenters. The molecular weight excluding hydrogens is 504 g/mol. The fourth-order valence-electron chi connectivity index (χ4n) is 3.33. The van der Waals surface area contributed by atoms with Crippen molar-refractivity contribution in [2.75, 3.05) is 11.9 Å². The lowest BCUT2D eigenvalue weighted by atomic mass is 10.2. The Balaban J connectivity index is 1.59. The summed E-state index contributed by atoms with van der Waals surface area (Å²) >= 11 is 0. The Hall–Kier alpha value is -3.97. The van der Waals surface area contributed by atoms with E-state index in [0.717, 1.165) is 36.4 Å². The molecular formula is C23H18F4N4O4S. The monoisotopic (exact) mass is 522 g/mol. The number of aromatic nitrogens is 2. The van der Waals surface area contributed by atoms with Crippen molar-refractivity contribution in [3.8, 4) is 5.75 Å². The van der Waals surface area contributed by atoms with Crippen LogP contribution in [0.4, 0.5) is 29.2 Å². The van der Waals surface area contributed by atoms with Crippen molar-refractivity contribution in [1.29, 1.82) is 0 Å². The Morgan fingerprint density at radius 3 is 2.28 bits per heavy atom. The molecule has 0 fully saturated rings. The maximum absolute atomic E-state index is 13.1. The maximum Gasteiger partial charge on any atom is 0.573 e. The van der Waals surface area contributed by atoms with Crippen molar-refractivity contribution < 1.29 is 30.7 Å². The van der Waals surface area contributed by atoms with E-state index in [0.29, 0.717) is 16.6 Å². The number of alkyl halides is 3. The van der Waals surface area contributed by atoms with Crippen LogP contribution < -0.4 is 20.3 Å². The zero-order chi connectivity index (χ0) is 25.9. The molecule has 2 N–H and O–H groups in total. The predicted octanol–water partition coefficient (Wildman–Crippen LogP) is 4.16. The highest BCUT2D eigenvalue weighted by Gasteiger charge is 2.31. The van der Waals surface area contributed by atoms with Crippen molar-refractivity contribution in [3.63, 3.8) is 0 Å². The van der Waals surface area contributed by atoms with Gasteiger partial charge in [-0.1, -0.05) is 12.1 Å². The molecule has 0 aliphatic heterocycles. The molecule has 3 aromatic carbocycles. The molecule has 0 amide bonds. The number of nitrogens with one attached hydrogen (secondary N) is 2. The molecule has 4 rings (SSSR count). The number of rotatable bonds is 8. The van der Waals surface area contributed by atoms with Crippen molar-refractivity contribution in [2.45, 2.75) is 17.8 Å². The Labute approximate surface area is 202 Å².